The van der Waals surface area contributed by atoms with E-state index in [9.17, 15) is 13.2 Å². The van der Waals surface area contributed by atoms with Gasteiger partial charge in [0.15, 0.2) is 0 Å². The fourth-order valence-corrected chi connectivity index (χ4v) is 1.13. The van der Waals surface area contributed by atoms with E-state index in [4.69, 9.17) is 5.73 Å². The van der Waals surface area contributed by atoms with E-state index in [1.54, 1.807) is 7.05 Å². The normalized spacial score (nSPS) is 12.1. The van der Waals surface area contributed by atoms with Crippen molar-refractivity contribution in [3.63, 3.8) is 0 Å². The highest BCUT2D eigenvalue weighted by molar-refractivity contribution is 5.16. The van der Waals surface area contributed by atoms with Crippen LogP contribution in [0, 0.1) is 0 Å². The molecule has 7 heteroatoms. The van der Waals surface area contributed by atoms with Crippen LogP contribution in [0.25, 0.3) is 0 Å². The van der Waals surface area contributed by atoms with Crippen LogP contribution < -0.4 is 5.73 Å². The Hall–Kier alpha value is -1.08. The monoisotopic (exact) mass is 223 g/mol. The van der Waals surface area contributed by atoms with Crippen molar-refractivity contribution in [3.8, 4) is 0 Å². The summed E-state index contributed by atoms with van der Waals surface area (Å²) < 4.78 is 41.4. The van der Waals surface area contributed by atoms with Gasteiger partial charge in [0.25, 0.3) is 0 Å². The number of alkyl halides is 3. The molecule has 1 rings (SSSR count). The molecular formula is C8H12F3N3O. The van der Waals surface area contributed by atoms with Gasteiger partial charge < -0.3 is 10.5 Å². The number of rotatable bonds is 4. The molecule has 0 spiro atoms. The second kappa shape index (κ2) is 4.63. The average Bonchev–Trinajstić information content (AvgIpc) is 2.46. The molecule has 0 radical (unpaired) electrons. The average molecular weight is 223 g/mol. The van der Waals surface area contributed by atoms with Crippen molar-refractivity contribution in [1.29, 1.82) is 0 Å². The Kier molecular flexibility index (Phi) is 3.70. The predicted molar refractivity (Wildman–Crippen MR) is 46.8 cm³/mol. The first-order chi connectivity index (χ1) is 6.94. The minimum absolute atomic E-state index is 0.136. The third kappa shape index (κ3) is 3.52. The van der Waals surface area contributed by atoms with Crippen molar-refractivity contribution < 1.29 is 17.9 Å². The molecule has 1 aromatic rings. The van der Waals surface area contributed by atoms with Gasteiger partial charge in [-0.05, 0) is 0 Å². The molecule has 0 saturated heterocycles. The Morgan fingerprint density at radius 3 is 2.73 bits per heavy atom. The van der Waals surface area contributed by atoms with Crippen LogP contribution in [0.2, 0.25) is 0 Å². The van der Waals surface area contributed by atoms with Gasteiger partial charge in [-0.3, -0.25) is 4.68 Å². The van der Waals surface area contributed by atoms with E-state index in [0.29, 0.717) is 11.3 Å². The number of halogens is 3. The van der Waals surface area contributed by atoms with Gasteiger partial charge in [-0.25, -0.2) is 0 Å². The third-order valence-electron chi connectivity index (χ3n) is 1.87. The van der Waals surface area contributed by atoms with E-state index in [0.717, 1.165) is 0 Å². The van der Waals surface area contributed by atoms with E-state index in [1.807, 2.05) is 0 Å². The Morgan fingerprint density at radius 2 is 2.20 bits per heavy atom. The number of hydrogen-bond acceptors (Lipinski definition) is 3. The maximum absolute atomic E-state index is 11.8. The lowest BCUT2D eigenvalue weighted by molar-refractivity contribution is -0.177. The quantitative estimate of drug-likeness (QED) is 0.827. The van der Waals surface area contributed by atoms with Crippen molar-refractivity contribution >= 4 is 0 Å². The maximum atomic E-state index is 11.8. The van der Waals surface area contributed by atoms with Crippen LogP contribution in [0.1, 0.15) is 11.3 Å². The molecule has 0 aliphatic heterocycles. The maximum Gasteiger partial charge on any atom is 0.411 e. The van der Waals surface area contributed by atoms with E-state index in [-0.39, 0.29) is 13.2 Å². The Bertz CT molecular complexity index is 321. The molecule has 0 aromatic carbocycles. The fraction of sp³-hybridized carbons (Fsp3) is 0.625. The lowest BCUT2D eigenvalue weighted by Gasteiger charge is -2.08. The molecule has 0 atom stereocenters. The summed E-state index contributed by atoms with van der Waals surface area (Å²) >= 11 is 0. The highest BCUT2D eigenvalue weighted by Gasteiger charge is 2.27. The molecule has 15 heavy (non-hydrogen) atoms. The Balaban J connectivity index is 2.53. The molecule has 0 aliphatic rings. The zero-order valence-electron chi connectivity index (χ0n) is 8.21. The van der Waals surface area contributed by atoms with Gasteiger partial charge in [0.2, 0.25) is 0 Å². The molecule has 1 aromatic heterocycles. The lowest BCUT2D eigenvalue weighted by atomic mass is 10.2. The largest absolute Gasteiger partial charge is 0.411 e. The molecule has 0 aliphatic carbocycles. The van der Waals surface area contributed by atoms with Crippen LogP contribution in [0.5, 0.6) is 0 Å². The van der Waals surface area contributed by atoms with Gasteiger partial charge in [-0.1, -0.05) is 0 Å². The third-order valence-corrected chi connectivity index (χ3v) is 1.87. The summed E-state index contributed by atoms with van der Waals surface area (Å²) in [7, 11) is 1.63. The smallest absolute Gasteiger partial charge is 0.366 e. The summed E-state index contributed by atoms with van der Waals surface area (Å²) in [6, 6.07) is 0. The molecule has 0 amide bonds. The lowest BCUT2D eigenvalue weighted by Crippen LogP contribution is -2.18. The van der Waals surface area contributed by atoms with Crippen LogP contribution in [-0.4, -0.2) is 22.6 Å². The topological polar surface area (TPSA) is 53.1 Å². The minimum Gasteiger partial charge on any atom is -0.366 e. The number of aryl methyl sites for hydroxylation is 1. The molecule has 0 unspecified atom stereocenters. The summed E-state index contributed by atoms with van der Waals surface area (Å²) in [6.07, 6.45) is -2.78. The SMILES string of the molecule is Cn1ncc(CN)c1COCC(F)(F)F. The Morgan fingerprint density at radius 1 is 1.53 bits per heavy atom. The van der Waals surface area contributed by atoms with E-state index in [1.165, 1.54) is 10.9 Å². The van der Waals surface area contributed by atoms with Gasteiger partial charge in [-0.15, -0.1) is 0 Å². The van der Waals surface area contributed by atoms with Crippen LogP contribution in [0.4, 0.5) is 13.2 Å². The standard InChI is InChI=1S/C8H12F3N3O/c1-14-7(6(2-12)3-13-14)4-15-5-8(9,10)11/h3H,2,4-5,12H2,1H3. The van der Waals surface area contributed by atoms with Gasteiger partial charge in [-0.2, -0.15) is 18.3 Å². The summed E-state index contributed by atoms with van der Waals surface area (Å²) in [4.78, 5) is 0. The van der Waals surface area contributed by atoms with Gasteiger partial charge in [0, 0.05) is 19.2 Å². The van der Waals surface area contributed by atoms with Gasteiger partial charge >= 0.3 is 6.18 Å². The van der Waals surface area contributed by atoms with Gasteiger partial charge in [0.05, 0.1) is 18.5 Å². The summed E-state index contributed by atoms with van der Waals surface area (Å²) in [5.41, 5.74) is 6.66. The number of aromatic nitrogens is 2. The molecule has 4 nitrogen and oxygen atoms in total. The second-order valence-electron chi connectivity index (χ2n) is 3.05. The van der Waals surface area contributed by atoms with Crippen molar-refractivity contribution in [3.05, 3.63) is 17.5 Å². The van der Waals surface area contributed by atoms with E-state index >= 15 is 0 Å². The van der Waals surface area contributed by atoms with Crippen LogP contribution >= 0.6 is 0 Å². The van der Waals surface area contributed by atoms with Crippen molar-refractivity contribution in [1.82, 2.24) is 9.78 Å². The van der Waals surface area contributed by atoms with Crippen molar-refractivity contribution in [2.24, 2.45) is 12.8 Å². The molecule has 2 N–H and O–H groups in total. The van der Waals surface area contributed by atoms with E-state index < -0.39 is 12.8 Å². The first-order valence-electron chi connectivity index (χ1n) is 4.28. The second-order valence-corrected chi connectivity index (χ2v) is 3.05. The molecule has 0 saturated carbocycles. The van der Waals surface area contributed by atoms with Crippen LogP contribution in [0.15, 0.2) is 6.20 Å². The molecule has 0 bridgehead atoms. The molecule has 0 fully saturated rings. The van der Waals surface area contributed by atoms with Crippen LogP contribution in [-0.2, 0) is 24.9 Å². The predicted octanol–water partition coefficient (Wildman–Crippen LogP) is 0.958. The van der Waals surface area contributed by atoms with Gasteiger partial charge in [0.1, 0.15) is 6.61 Å². The number of nitrogens with zero attached hydrogens (tertiary/aromatic N) is 2. The highest BCUT2D eigenvalue weighted by atomic mass is 19.4. The zero-order chi connectivity index (χ0) is 11.5. The first kappa shape index (κ1) is 12.0. The first-order valence-corrected chi connectivity index (χ1v) is 4.28. The highest BCUT2D eigenvalue weighted by Crippen LogP contribution is 2.16. The molecular weight excluding hydrogens is 211 g/mol. The number of ether oxygens (including phenoxy) is 1. The molecule has 1 heterocycles. The van der Waals surface area contributed by atoms with Crippen molar-refractivity contribution in [2.75, 3.05) is 6.61 Å². The number of nitrogens with two attached hydrogens (primary N) is 1. The minimum atomic E-state index is -4.30. The van der Waals surface area contributed by atoms with E-state index in [2.05, 4.69) is 9.84 Å². The summed E-state index contributed by atoms with van der Waals surface area (Å²) in [5.74, 6) is 0. The number of hydrogen-bond donors (Lipinski definition) is 1. The summed E-state index contributed by atoms with van der Waals surface area (Å²) in [6.45, 7) is -1.16. The van der Waals surface area contributed by atoms with Crippen molar-refractivity contribution in [2.45, 2.75) is 19.3 Å². The Labute approximate surface area is 84.8 Å². The molecule has 86 valence electrons. The van der Waals surface area contributed by atoms with Crippen LogP contribution in [0.3, 0.4) is 0 Å². The summed E-state index contributed by atoms with van der Waals surface area (Å²) in [5, 5.41) is 3.88. The fourth-order valence-electron chi connectivity index (χ4n) is 1.13. The zero-order valence-corrected chi connectivity index (χ0v) is 8.21.